The van der Waals surface area contributed by atoms with Crippen molar-refractivity contribution in [2.75, 3.05) is 0 Å². The summed E-state index contributed by atoms with van der Waals surface area (Å²) < 4.78 is 0. The van der Waals surface area contributed by atoms with Crippen LogP contribution in [0.1, 0.15) is 43.9 Å². The molecule has 104 valence electrons. The number of amides is 1. The van der Waals surface area contributed by atoms with Crippen molar-refractivity contribution in [3.05, 3.63) is 34.3 Å². The lowest BCUT2D eigenvalue weighted by Gasteiger charge is -2.42. The fourth-order valence-electron chi connectivity index (χ4n) is 2.75. The van der Waals surface area contributed by atoms with E-state index < -0.39 is 0 Å². The van der Waals surface area contributed by atoms with Gasteiger partial charge in [-0.25, -0.2) is 0 Å². The van der Waals surface area contributed by atoms with Crippen molar-refractivity contribution in [2.45, 2.75) is 51.7 Å². The van der Waals surface area contributed by atoms with Crippen molar-refractivity contribution in [2.24, 2.45) is 5.73 Å². The molecular weight excluding hydrogens is 260 g/mol. The van der Waals surface area contributed by atoms with Crippen LogP contribution in [0.4, 0.5) is 0 Å². The van der Waals surface area contributed by atoms with Crippen LogP contribution in [0.15, 0.2) is 18.2 Å². The fourth-order valence-corrected chi connectivity index (χ4v) is 2.94. The van der Waals surface area contributed by atoms with E-state index in [9.17, 15) is 4.79 Å². The molecule has 1 aliphatic heterocycles. The third kappa shape index (κ3) is 2.77. The van der Waals surface area contributed by atoms with Crippen molar-refractivity contribution in [3.8, 4) is 0 Å². The van der Waals surface area contributed by atoms with Gasteiger partial charge in [0.2, 0.25) is 5.91 Å². The third-order valence-electron chi connectivity index (χ3n) is 3.78. The monoisotopic (exact) mass is 280 g/mol. The second-order valence-corrected chi connectivity index (χ2v) is 5.96. The molecule has 1 aromatic carbocycles. The van der Waals surface area contributed by atoms with E-state index in [0.29, 0.717) is 6.42 Å². The van der Waals surface area contributed by atoms with Crippen molar-refractivity contribution < 1.29 is 4.79 Å². The molecule has 1 heterocycles. The summed E-state index contributed by atoms with van der Waals surface area (Å²) in [7, 11) is 0. The predicted molar refractivity (Wildman–Crippen MR) is 78.1 cm³/mol. The summed E-state index contributed by atoms with van der Waals surface area (Å²) in [6.07, 6.45) is 1.27. The first-order valence-electron chi connectivity index (χ1n) is 6.74. The predicted octanol–water partition coefficient (Wildman–Crippen LogP) is 3.05. The maximum absolute atomic E-state index is 12.2. The maximum atomic E-state index is 12.2. The molecule has 1 aliphatic rings. The quantitative estimate of drug-likeness (QED) is 0.905. The number of aryl methyl sites for hydroxylation is 1. The van der Waals surface area contributed by atoms with Crippen LogP contribution in [0.5, 0.6) is 0 Å². The van der Waals surface area contributed by atoms with Gasteiger partial charge < -0.3 is 10.6 Å². The highest BCUT2D eigenvalue weighted by Gasteiger charge is 2.36. The minimum absolute atomic E-state index is 0.0288. The lowest BCUT2D eigenvalue weighted by Crippen LogP contribution is -2.51. The number of carbonyl (C=O) groups excluding carboxylic acids is 1. The number of piperidine rings is 1. The van der Waals surface area contributed by atoms with Gasteiger partial charge in [-0.15, -0.1) is 0 Å². The molecular formula is C15H21ClN2O. The molecule has 0 spiro atoms. The van der Waals surface area contributed by atoms with E-state index in [0.717, 1.165) is 22.6 Å². The van der Waals surface area contributed by atoms with E-state index in [1.165, 1.54) is 0 Å². The van der Waals surface area contributed by atoms with Crippen molar-refractivity contribution >= 4 is 17.5 Å². The van der Waals surface area contributed by atoms with Gasteiger partial charge in [0.25, 0.3) is 0 Å². The molecule has 1 amide bonds. The van der Waals surface area contributed by atoms with E-state index in [2.05, 4.69) is 0 Å². The number of benzene rings is 1. The summed E-state index contributed by atoms with van der Waals surface area (Å²) in [6.45, 7) is 6.02. The van der Waals surface area contributed by atoms with Crippen LogP contribution < -0.4 is 5.73 Å². The molecule has 4 heteroatoms. The first kappa shape index (κ1) is 14.4. The number of hydrogen-bond donors (Lipinski definition) is 1. The standard InChI is InChI=1S/C15H21ClN2O/c1-9(2)18-14(19)7-6-13(17)15(18)11-5-4-10(3)12(16)8-11/h4-5,8-9,13,15H,6-7,17H2,1-3H3. The normalized spacial score (nSPS) is 24.1. The van der Waals surface area contributed by atoms with E-state index in [-0.39, 0.29) is 24.0 Å². The highest BCUT2D eigenvalue weighted by Crippen LogP contribution is 2.34. The van der Waals surface area contributed by atoms with Crippen LogP contribution in [-0.2, 0) is 4.79 Å². The number of hydrogen-bond acceptors (Lipinski definition) is 2. The summed E-state index contributed by atoms with van der Waals surface area (Å²) >= 11 is 6.20. The fraction of sp³-hybridized carbons (Fsp3) is 0.533. The first-order chi connectivity index (χ1) is 8.91. The van der Waals surface area contributed by atoms with Gasteiger partial charge in [-0.3, -0.25) is 4.79 Å². The number of carbonyl (C=O) groups is 1. The van der Waals surface area contributed by atoms with Crippen LogP contribution in [0.25, 0.3) is 0 Å². The Bertz CT molecular complexity index is 487. The lowest BCUT2D eigenvalue weighted by atomic mass is 9.89. The van der Waals surface area contributed by atoms with Crippen LogP contribution in [0.3, 0.4) is 0 Å². The van der Waals surface area contributed by atoms with Gasteiger partial charge >= 0.3 is 0 Å². The number of likely N-dealkylation sites (tertiary alicyclic amines) is 1. The summed E-state index contributed by atoms with van der Waals surface area (Å²) in [6, 6.07) is 6.00. The van der Waals surface area contributed by atoms with E-state index in [4.69, 9.17) is 17.3 Å². The van der Waals surface area contributed by atoms with Gasteiger partial charge in [0.05, 0.1) is 6.04 Å². The zero-order chi connectivity index (χ0) is 14.2. The maximum Gasteiger partial charge on any atom is 0.223 e. The summed E-state index contributed by atoms with van der Waals surface area (Å²) in [5, 5.41) is 0.728. The minimum Gasteiger partial charge on any atom is -0.332 e. The van der Waals surface area contributed by atoms with Crippen molar-refractivity contribution in [3.63, 3.8) is 0 Å². The Morgan fingerprint density at radius 3 is 2.68 bits per heavy atom. The molecule has 1 aromatic rings. The lowest BCUT2D eigenvalue weighted by molar-refractivity contribution is -0.139. The van der Waals surface area contributed by atoms with E-state index in [1.54, 1.807) is 0 Å². The van der Waals surface area contributed by atoms with Gasteiger partial charge in [0.15, 0.2) is 0 Å². The third-order valence-corrected chi connectivity index (χ3v) is 4.19. The topological polar surface area (TPSA) is 46.3 Å². The molecule has 3 nitrogen and oxygen atoms in total. The Hall–Kier alpha value is -1.06. The molecule has 2 N–H and O–H groups in total. The Balaban J connectivity index is 2.42. The minimum atomic E-state index is -0.0700. The molecule has 1 fully saturated rings. The van der Waals surface area contributed by atoms with Crippen LogP contribution in [-0.4, -0.2) is 22.9 Å². The van der Waals surface area contributed by atoms with Gasteiger partial charge in [0.1, 0.15) is 0 Å². The highest BCUT2D eigenvalue weighted by molar-refractivity contribution is 6.31. The van der Waals surface area contributed by atoms with E-state index >= 15 is 0 Å². The molecule has 0 aromatic heterocycles. The molecule has 0 saturated carbocycles. The van der Waals surface area contributed by atoms with Crippen LogP contribution >= 0.6 is 11.6 Å². The van der Waals surface area contributed by atoms with Crippen LogP contribution in [0, 0.1) is 6.92 Å². The SMILES string of the molecule is Cc1ccc(C2C(N)CCC(=O)N2C(C)C)cc1Cl. The Kier molecular flexibility index (Phi) is 4.16. The average molecular weight is 281 g/mol. The highest BCUT2D eigenvalue weighted by atomic mass is 35.5. The molecule has 1 saturated heterocycles. The van der Waals surface area contributed by atoms with Gasteiger partial charge in [-0.05, 0) is 44.4 Å². The molecule has 19 heavy (non-hydrogen) atoms. The summed E-state index contributed by atoms with van der Waals surface area (Å²) in [5.41, 5.74) is 8.32. The molecule has 2 rings (SSSR count). The number of nitrogens with zero attached hydrogens (tertiary/aromatic N) is 1. The number of halogens is 1. The Morgan fingerprint density at radius 2 is 2.11 bits per heavy atom. The Labute approximate surface area is 119 Å². The molecule has 0 aliphatic carbocycles. The van der Waals surface area contributed by atoms with Crippen molar-refractivity contribution in [1.82, 2.24) is 4.90 Å². The second kappa shape index (κ2) is 5.51. The summed E-state index contributed by atoms with van der Waals surface area (Å²) in [4.78, 5) is 14.1. The zero-order valence-electron chi connectivity index (χ0n) is 11.7. The second-order valence-electron chi connectivity index (χ2n) is 5.55. The average Bonchev–Trinajstić information content (AvgIpc) is 2.35. The smallest absolute Gasteiger partial charge is 0.223 e. The number of nitrogens with two attached hydrogens (primary N) is 1. The van der Waals surface area contributed by atoms with Gasteiger partial charge in [-0.1, -0.05) is 23.7 Å². The van der Waals surface area contributed by atoms with E-state index in [1.807, 2.05) is 43.9 Å². The molecule has 0 bridgehead atoms. The molecule has 0 radical (unpaired) electrons. The largest absolute Gasteiger partial charge is 0.332 e. The van der Waals surface area contributed by atoms with Gasteiger partial charge in [-0.2, -0.15) is 0 Å². The number of rotatable bonds is 2. The summed E-state index contributed by atoms with van der Waals surface area (Å²) in [5.74, 6) is 0.179. The first-order valence-corrected chi connectivity index (χ1v) is 7.12. The zero-order valence-corrected chi connectivity index (χ0v) is 12.4. The molecule has 2 atom stereocenters. The van der Waals surface area contributed by atoms with Crippen LogP contribution in [0.2, 0.25) is 5.02 Å². The van der Waals surface area contributed by atoms with Gasteiger partial charge in [0, 0.05) is 23.5 Å². The Morgan fingerprint density at radius 1 is 1.42 bits per heavy atom. The molecule has 2 unspecified atom stereocenters. The van der Waals surface area contributed by atoms with Crippen molar-refractivity contribution in [1.29, 1.82) is 0 Å².